The zero-order valence-corrected chi connectivity index (χ0v) is 20.1. The number of ketones is 1. The van der Waals surface area contributed by atoms with Gasteiger partial charge in [0.25, 0.3) is 5.91 Å². The number of fused-ring (bicyclic) bond motifs is 4. The van der Waals surface area contributed by atoms with E-state index in [0.717, 1.165) is 64.3 Å². The highest BCUT2D eigenvalue weighted by molar-refractivity contribution is 9.10. The summed E-state index contributed by atoms with van der Waals surface area (Å²) in [6, 6.07) is 15.8. The Balaban J connectivity index is 1.59. The Hall–Kier alpha value is -2.53. The molecule has 4 nitrogen and oxygen atoms in total. The van der Waals surface area contributed by atoms with E-state index in [2.05, 4.69) is 28.2 Å². The monoisotopic (exact) mass is 490 g/mol. The minimum atomic E-state index is -0.425. The molecule has 3 aromatic rings. The quantitative estimate of drug-likeness (QED) is 0.461. The van der Waals surface area contributed by atoms with Crippen LogP contribution in [0.2, 0.25) is 0 Å². The van der Waals surface area contributed by atoms with Gasteiger partial charge < -0.3 is 5.32 Å². The highest BCUT2D eigenvalue weighted by Gasteiger charge is 2.53. The van der Waals surface area contributed by atoms with Crippen LogP contribution < -0.4 is 5.32 Å². The molecule has 2 aromatic carbocycles. The van der Waals surface area contributed by atoms with Gasteiger partial charge in [-0.2, -0.15) is 0 Å². The molecular formula is C27H27BrN2O2. The van der Waals surface area contributed by atoms with E-state index in [1.807, 2.05) is 55.5 Å². The summed E-state index contributed by atoms with van der Waals surface area (Å²) < 4.78 is 0.907. The van der Waals surface area contributed by atoms with Crippen LogP contribution in [-0.4, -0.2) is 22.2 Å². The number of carbonyl (C=O) groups is 2. The standard InChI is InChI=1S/C27H27BrN2O2/c1-3-26-11-13-27(14-12-26,16-22(26)31)30-25(32)23-17(2)24(18-7-5-4-6-8-18)29-21-10-9-19(28)15-20(21)23/h4-10,15H,3,11-14,16H2,1-2H3,(H,30,32). The number of benzene rings is 2. The zero-order chi connectivity index (χ0) is 22.5. The molecule has 1 aromatic heterocycles. The van der Waals surface area contributed by atoms with Crippen LogP contribution in [0.5, 0.6) is 0 Å². The van der Waals surface area contributed by atoms with Crippen molar-refractivity contribution in [3.05, 3.63) is 64.1 Å². The van der Waals surface area contributed by atoms with Gasteiger partial charge in [0.15, 0.2) is 0 Å². The number of nitrogens with zero attached hydrogens (tertiary/aromatic N) is 1. The number of carbonyl (C=O) groups excluding carboxylic acids is 2. The molecule has 0 atom stereocenters. The lowest BCUT2D eigenvalue weighted by molar-refractivity contribution is -0.140. The number of hydrogen-bond acceptors (Lipinski definition) is 3. The third-order valence-corrected chi connectivity index (χ3v) is 8.27. The van der Waals surface area contributed by atoms with Gasteiger partial charge in [-0.15, -0.1) is 0 Å². The normalized spacial score (nSPS) is 24.7. The second-order valence-electron chi connectivity index (χ2n) is 9.46. The largest absolute Gasteiger partial charge is 0.346 e. The molecule has 1 N–H and O–H groups in total. The fourth-order valence-electron chi connectivity index (χ4n) is 5.68. The van der Waals surface area contributed by atoms with Gasteiger partial charge in [0, 0.05) is 32.8 Å². The molecule has 164 valence electrons. The molecular weight excluding hydrogens is 464 g/mol. The van der Waals surface area contributed by atoms with E-state index in [0.29, 0.717) is 17.8 Å². The molecule has 3 saturated carbocycles. The summed E-state index contributed by atoms with van der Waals surface area (Å²) in [7, 11) is 0. The van der Waals surface area contributed by atoms with Crippen LogP contribution in [0.25, 0.3) is 22.2 Å². The van der Waals surface area contributed by atoms with Gasteiger partial charge in [0.05, 0.1) is 16.8 Å². The molecule has 3 fully saturated rings. The summed E-state index contributed by atoms with van der Waals surface area (Å²) in [6.07, 6.45) is 4.84. The summed E-state index contributed by atoms with van der Waals surface area (Å²) in [6.45, 7) is 4.08. The van der Waals surface area contributed by atoms with E-state index < -0.39 is 5.54 Å². The maximum absolute atomic E-state index is 13.8. The summed E-state index contributed by atoms with van der Waals surface area (Å²) in [5, 5.41) is 4.16. The molecule has 32 heavy (non-hydrogen) atoms. The number of amides is 1. The lowest BCUT2D eigenvalue weighted by Crippen LogP contribution is -2.60. The van der Waals surface area contributed by atoms with Gasteiger partial charge in [-0.05, 0) is 62.8 Å². The Morgan fingerprint density at radius 2 is 1.81 bits per heavy atom. The van der Waals surface area contributed by atoms with Crippen LogP contribution in [0.1, 0.15) is 61.4 Å². The Morgan fingerprint density at radius 3 is 2.47 bits per heavy atom. The van der Waals surface area contributed by atoms with Gasteiger partial charge in [0.2, 0.25) is 0 Å². The second kappa shape index (κ2) is 7.80. The van der Waals surface area contributed by atoms with Gasteiger partial charge in [-0.25, -0.2) is 4.98 Å². The molecule has 6 rings (SSSR count). The summed E-state index contributed by atoms with van der Waals surface area (Å²) >= 11 is 3.55. The topological polar surface area (TPSA) is 59.1 Å². The molecule has 2 bridgehead atoms. The van der Waals surface area contributed by atoms with Crippen LogP contribution in [0.15, 0.2) is 53.0 Å². The summed E-state index contributed by atoms with van der Waals surface area (Å²) in [5.41, 5.74) is 3.51. The smallest absolute Gasteiger partial charge is 0.252 e. The maximum atomic E-state index is 13.8. The molecule has 0 radical (unpaired) electrons. The van der Waals surface area contributed by atoms with Crippen molar-refractivity contribution in [2.24, 2.45) is 5.41 Å². The number of rotatable bonds is 4. The lowest BCUT2D eigenvalue weighted by atomic mass is 9.55. The van der Waals surface area contributed by atoms with E-state index in [1.54, 1.807) is 0 Å². The highest BCUT2D eigenvalue weighted by atomic mass is 79.9. The zero-order valence-electron chi connectivity index (χ0n) is 18.5. The number of nitrogens with one attached hydrogen (secondary N) is 1. The van der Waals surface area contributed by atoms with Gasteiger partial charge in [-0.3, -0.25) is 9.59 Å². The highest BCUT2D eigenvalue weighted by Crippen LogP contribution is 2.52. The summed E-state index contributed by atoms with van der Waals surface area (Å²) in [4.78, 5) is 31.6. The fourth-order valence-corrected chi connectivity index (χ4v) is 6.04. The average Bonchev–Trinajstić information content (AvgIpc) is 2.79. The molecule has 0 unspecified atom stereocenters. The van der Waals surface area contributed by atoms with Crippen LogP contribution in [0.4, 0.5) is 0 Å². The van der Waals surface area contributed by atoms with Crippen LogP contribution in [0, 0.1) is 12.3 Å². The van der Waals surface area contributed by atoms with Gasteiger partial charge in [0.1, 0.15) is 5.78 Å². The predicted octanol–water partition coefficient (Wildman–Crippen LogP) is 6.38. The van der Waals surface area contributed by atoms with Crippen molar-refractivity contribution in [1.29, 1.82) is 0 Å². The molecule has 3 aliphatic rings. The minimum Gasteiger partial charge on any atom is -0.346 e. The molecule has 5 heteroatoms. The van der Waals surface area contributed by atoms with Crippen molar-refractivity contribution in [3.8, 4) is 11.3 Å². The fraction of sp³-hybridized carbons (Fsp3) is 0.370. The van der Waals surface area contributed by atoms with Crippen LogP contribution in [-0.2, 0) is 4.79 Å². The van der Waals surface area contributed by atoms with Crippen molar-refractivity contribution < 1.29 is 9.59 Å². The predicted molar refractivity (Wildman–Crippen MR) is 131 cm³/mol. The Morgan fingerprint density at radius 1 is 1.09 bits per heavy atom. The van der Waals surface area contributed by atoms with Crippen molar-refractivity contribution in [1.82, 2.24) is 10.3 Å². The number of aromatic nitrogens is 1. The van der Waals surface area contributed by atoms with Gasteiger partial charge in [-0.1, -0.05) is 53.2 Å². The lowest BCUT2D eigenvalue weighted by Gasteiger charge is -2.52. The first-order valence-electron chi connectivity index (χ1n) is 11.4. The maximum Gasteiger partial charge on any atom is 0.252 e. The van der Waals surface area contributed by atoms with E-state index in [-0.39, 0.29) is 11.3 Å². The third kappa shape index (κ3) is 3.38. The van der Waals surface area contributed by atoms with E-state index >= 15 is 0 Å². The first-order valence-corrected chi connectivity index (χ1v) is 12.2. The molecule has 1 amide bonds. The Kier molecular flexibility index (Phi) is 5.20. The number of halogens is 1. The SMILES string of the molecule is CCC12CCC(NC(=O)c3c(C)c(-c4ccccc4)nc4ccc(Br)cc34)(CC1)CC2=O. The molecule has 0 spiro atoms. The number of Topliss-reactive ketones (excluding diaryl/α,β-unsaturated/α-hetero) is 1. The molecule has 1 heterocycles. The van der Waals surface area contributed by atoms with Gasteiger partial charge >= 0.3 is 0 Å². The number of pyridine rings is 1. The summed E-state index contributed by atoms with van der Waals surface area (Å²) in [5.74, 6) is 0.214. The number of hydrogen-bond donors (Lipinski definition) is 1. The van der Waals surface area contributed by atoms with E-state index in [1.165, 1.54) is 0 Å². The Bertz CT molecular complexity index is 1230. The van der Waals surface area contributed by atoms with Crippen molar-refractivity contribution in [3.63, 3.8) is 0 Å². The second-order valence-corrected chi connectivity index (χ2v) is 10.4. The molecule has 0 saturated heterocycles. The third-order valence-electron chi connectivity index (χ3n) is 7.77. The van der Waals surface area contributed by atoms with Crippen molar-refractivity contribution in [2.45, 2.75) is 57.9 Å². The molecule has 3 aliphatic carbocycles. The minimum absolute atomic E-state index is 0.108. The van der Waals surface area contributed by atoms with E-state index in [9.17, 15) is 9.59 Å². The molecule has 0 aliphatic heterocycles. The van der Waals surface area contributed by atoms with Crippen molar-refractivity contribution in [2.75, 3.05) is 0 Å². The first-order chi connectivity index (χ1) is 15.4. The van der Waals surface area contributed by atoms with Crippen LogP contribution in [0.3, 0.4) is 0 Å². The first kappa shape index (κ1) is 21.3. The van der Waals surface area contributed by atoms with Crippen molar-refractivity contribution >= 4 is 38.5 Å². The van der Waals surface area contributed by atoms with Crippen LogP contribution >= 0.6 is 15.9 Å². The van der Waals surface area contributed by atoms with E-state index in [4.69, 9.17) is 4.98 Å². The average molecular weight is 491 g/mol. The Labute approximate surface area is 196 Å².